The van der Waals surface area contributed by atoms with Gasteiger partial charge in [0.05, 0.1) is 4.90 Å². The first-order valence-corrected chi connectivity index (χ1v) is 9.18. The molecule has 0 radical (unpaired) electrons. The van der Waals surface area contributed by atoms with E-state index in [1.165, 1.54) is 18.3 Å². The molecule has 0 unspecified atom stereocenters. The van der Waals surface area contributed by atoms with Crippen molar-refractivity contribution in [1.29, 1.82) is 0 Å². The van der Waals surface area contributed by atoms with Gasteiger partial charge in [-0.05, 0) is 43.5 Å². The number of benzene rings is 1. The summed E-state index contributed by atoms with van der Waals surface area (Å²) < 4.78 is 72.0. The highest BCUT2D eigenvalue weighted by Crippen LogP contribution is 2.43. The Hall–Kier alpha value is -1.80. The van der Waals surface area contributed by atoms with E-state index in [1.807, 2.05) is 6.92 Å². The van der Waals surface area contributed by atoms with E-state index in [4.69, 9.17) is 4.74 Å². The number of hydrogen-bond donors (Lipinski definition) is 0. The third kappa shape index (κ3) is 2.87. The summed E-state index contributed by atoms with van der Waals surface area (Å²) in [5.74, 6) is 0. The number of halogens is 3. The van der Waals surface area contributed by atoms with Crippen molar-refractivity contribution in [2.75, 3.05) is 7.11 Å². The number of alkyl halides is 3. The van der Waals surface area contributed by atoms with Crippen molar-refractivity contribution in [1.82, 2.24) is 3.97 Å². The lowest BCUT2D eigenvalue weighted by molar-refractivity contribution is -0.273. The molecule has 1 aromatic carbocycles. The molecule has 1 aromatic heterocycles. The molecule has 0 amide bonds. The van der Waals surface area contributed by atoms with E-state index in [1.54, 1.807) is 18.2 Å². The van der Waals surface area contributed by atoms with Gasteiger partial charge in [0.1, 0.15) is 0 Å². The molecular weight excluding hydrogens is 355 g/mol. The maximum Gasteiger partial charge on any atom is 0.417 e. The van der Waals surface area contributed by atoms with Crippen LogP contribution in [0.5, 0.6) is 0 Å². The predicted octanol–water partition coefficient (Wildman–Crippen LogP) is 3.47. The summed E-state index contributed by atoms with van der Waals surface area (Å²) >= 11 is 0. The number of methoxy groups -OCH3 is 1. The maximum absolute atomic E-state index is 13.5. The van der Waals surface area contributed by atoms with Gasteiger partial charge in [0.2, 0.25) is 0 Å². The second-order valence-corrected chi connectivity index (χ2v) is 8.09. The van der Waals surface area contributed by atoms with Gasteiger partial charge in [0.15, 0.2) is 5.60 Å². The Balaban J connectivity index is 2.08. The normalized spacial score (nSPS) is 21.2. The van der Waals surface area contributed by atoms with Gasteiger partial charge in [0.25, 0.3) is 10.0 Å². The molecule has 4 nitrogen and oxygen atoms in total. The van der Waals surface area contributed by atoms with E-state index in [-0.39, 0.29) is 23.4 Å². The van der Waals surface area contributed by atoms with Crippen LogP contribution < -0.4 is 0 Å². The van der Waals surface area contributed by atoms with Gasteiger partial charge in [-0.15, -0.1) is 0 Å². The van der Waals surface area contributed by atoms with Crippen molar-refractivity contribution in [3.8, 4) is 0 Å². The third-order valence-electron chi connectivity index (χ3n) is 4.78. The fraction of sp³-hybridized carbons (Fsp3) is 0.412. The minimum Gasteiger partial charge on any atom is -0.368 e. The zero-order valence-corrected chi connectivity index (χ0v) is 14.6. The third-order valence-corrected chi connectivity index (χ3v) is 6.51. The zero-order chi connectivity index (χ0) is 18.5. The molecule has 0 N–H and O–H groups in total. The van der Waals surface area contributed by atoms with Crippen molar-refractivity contribution in [2.24, 2.45) is 0 Å². The molecule has 0 spiro atoms. The lowest BCUT2D eigenvalue weighted by Gasteiger charge is -2.37. The first-order valence-electron chi connectivity index (χ1n) is 7.74. The highest BCUT2D eigenvalue weighted by atomic mass is 32.2. The van der Waals surface area contributed by atoms with Gasteiger partial charge in [-0.25, -0.2) is 12.4 Å². The van der Waals surface area contributed by atoms with Crippen molar-refractivity contribution < 1.29 is 26.3 Å². The van der Waals surface area contributed by atoms with E-state index in [0.29, 0.717) is 5.56 Å². The van der Waals surface area contributed by atoms with Crippen molar-refractivity contribution >= 4 is 10.0 Å². The largest absolute Gasteiger partial charge is 0.417 e. The van der Waals surface area contributed by atoms with E-state index >= 15 is 0 Å². The topological polar surface area (TPSA) is 48.3 Å². The van der Waals surface area contributed by atoms with Gasteiger partial charge >= 0.3 is 6.18 Å². The Labute approximate surface area is 144 Å². The van der Waals surface area contributed by atoms with Gasteiger partial charge in [-0.3, -0.25) is 0 Å². The van der Waals surface area contributed by atoms with Crippen LogP contribution >= 0.6 is 0 Å². The number of rotatable bonds is 3. The molecule has 136 valence electrons. The highest BCUT2D eigenvalue weighted by Gasteiger charge is 2.57. The summed E-state index contributed by atoms with van der Waals surface area (Å²) in [4.78, 5) is 0.0390. The van der Waals surface area contributed by atoms with Gasteiger partial charge < -0.3 is 4.74 Å². The molecule has 2 aromatic rings. The lowest BCUT2D eigenvalue weighted by Crippen LogP contribution is -2.51. The Morgan fingerprint density at radius 2 is 1.80 bits per heavy atom. The molecule has 0 saturated carbocycles. The Morgan fingerprint density at radius 3 is 2.36 bits per heavy atom. The first-order chi connectivity index (χ1) is 11.6. The lowest BCUT2D eigenvalue weighted by atomic mass is 9.83. The molecule has 0 fully saturated rings. The molecule has 0 aliphatic heterocycles. The molecular formula is C17H18F3NO3S. The highest BCUT2D eigenvalue weighted by molar-refractivity contribution is 7.90. The summed E-state index contributed by atoms with van der Waals surface area (Å²) in [6.07, 6.45) is -3.90. The number of fused-ring (bicyclic) bond motifs is 1. The van der Waals surface area contributed by atoms with Crippen LogP contribution in [0.25, 0.3) is 0 Å². The molecule has 3 rings (SSSR count). The van der Waals surface area contributed by atoms with Gasteiger partial charge in [-0.1, -0.05) is 17.7 Å². The molecule has 1 aliphatic rings. The second-order valence-electron chi connectivity index (χ2n) is 6.27. The number of aryl methyl sites for hydroxylation is 2. The van der Waals surface area contributed by atoms with Crippen LogP contribution in [0.15, 0.2) is 41.4 Å². The van der Waals surface area contributed by atoms with Crippen LogP contribution in [0.1, 0.15) is 23.2 Å². The van der Waals surface area contributed by atoms with E-state index in [2.05, 4.69) is 0 Å². The van der Waals surface area contributed by atoms with E-state index < -0.39 is 28.2 Å². The van der Waals surface area contributed by atoms with E-state index in [9.17, 15) is 21.6 Å². The summed E-state index contributed by atoms with van der Waals surface area (Å²) in [5, 5.41) is 0. The SMILES string of the molecule is CO[C@@]1(C(F)(F)F)CCc2ccn(S(=O)(=O)c3ccc(C)cc3)c2C1. The zero-order valence-electron chi connectivity index (χ0n) is 13.8. The fourth-order valence-electron chi connectivity index (χ4n) is 3.18. The average Bonchev–Trinajstić information content (AvgIpc) is 2.97. The monoisotopic (exact) mass is 373 g/mol. The number of ether oxygens (including phenoxy) is 1. The van der Waals surface area contributed by atoms with Gasteiger partial charge in [0, 0.05) is 25.4 Å². The minimum atomic E-state index is -4.58. The quantitative estimate of drug-likeness (QED) is 0.828. The average molecular weight is 373 g/mol. The standard InChI is InChI=1S/C17H18F3NO3S/c1-12-3-5-14(6-4-12)25(22,23)21-10-8-13-7-9-16(24-2,11-15(13)21)17(18,19)20/h3-6,8,10H,7,9,11H2,1-2H3/t16-/m0/s1. The second kappa shape index (κ2) is 5.88. The van der Waals surface area contributed by atoms with Crippen LogP contribution in [-0.4, -0.2) is 31.3 Å². The molecule has 0 saturated heterocycles. The smallest absolute Gasteiger partial charge is 0.368 e. The van der Waals surface area contributed by atoms with E-state index in [0.717, 1.165) is 16.6 Å². The van der Waals surface area contributed by atoms with Crippen molar-refractivity contribution in [3.63, 3.8) is 0 Å². The summed E-state index contributed by atoms with van der Waals surface area (Å²) in [6, 6.07) is 7.77. The van der Waals surface area contributed by atoms with Crippen molar-refractivity contribution in [2.45, 2.75) is 42.9 Å². The fourth-order valence-corrected chi connectivity index (χ4v) is 4.58. The molecule has 1 heterocycles. The summed E-state index contributed by atoms with van der Waals surface area (Å²) in [6.45, 7) is 1.82. The Kier molecular flexibility index (Phi) is 4.23. The van der Waals surface area contributed by atoms with Gasteiger partial charge in [-0.2, -0.15) is 13.2 Å². The molecule has 8 heteroatoms. The van der Waals surface area contributed by atoms with Crippen molar-refractivity contribution in [3.05, 3.63) is 53.3 Å². The maximum atomic E-state index is 13.5. The summed E-state index contributed by atoms with van der Waals surface area (Å²) in [7, 11) is -2.95. The first kappa shape index (κ1) is 18.0. The molecule has 1 atom stereocenters. The summed E-state index contributed by atoms with van der Waals surface area (Å²) in [5.41, 5.74) is -0.735. The Bertz CT molecular complexity index is 885. The van der Waals surface area contributed by atoms with Crippen LogP contribution in [0.2, 0.25) is 0 Å². The van der Waals surface area contributed by atoms with Crippen LogP contribution in [-0.2, 0) is 27.6 Å². The number of hydrogen-bond acceptors (Lipinski definition) is 3. The van der Waals surface area contributed by atoms with Crippen LogP contribution in [0.3, 0.4) is 0 Å². The minimum absolute atomic E-state index is 0.0390. The molecule has 1 aliphatic carbocycles. The number of aromatic nitrogens is 1. The Morgan fingerprint density at radius 1 is 1.16 bits per heavy atom. The number of nitrogens with zero attached hydrogens (tertiary/aromatic N) is 1. The van der Waals surface area contributed by atoms with Crippen LogP contribution in [0, 0.1) is 6.92 Å². The van der Waals surface area contributed by atoms with Crippen LogP contribution in [0.4, 0.5) is 13.2 Å². The predicted molar refractivity (Wildman–Crippen MR) is 86.0 cm³/mol. The molecule has 25 heavy (non-hydrogen) atoms. The molecule has 0 bridgehead atoms.